The first-order valence-corrected chi connectivity index (χ1v) is 8.54. The van der Waals surface area contributed by atoms with Crippen LogP contribution in [0.25, 0.3) is 11.1 Å². The molecule has 0 atom stereocenters. The third kappa shape index (κ3) is 4.67. The summed E-state index contributed by atoms with van der Waals surface area (Å²) in [6.07, 6.45) is 0.408. The minimum atomic E-state index is -0.321. The van der Waals surface area contributed by atoms with Crippen molar-refractivity contribution >= 4 is 11.8 Å². The normalized spacial score (nSPS) is 15.1. The second kappa shape index (κ2) is 7.94. The van der Waals surface area contributed by atoms with E-state index in [0.29, 0.717) is 32.6 Å². The van der Waals surface area contributed by atoms with E-state index in [1.807, 2.05) is 40.1 Å². The molecule has 0 aliphatic carbocycles. The molecule has 0 bridgehead atoms. The van der Waals surface area contributed by atoms with Crippen LogP contribution in [0.2, 0.25) is 0 Å². The van der Waals surface area contributed by atoms with E-state index in [2.05, 4.69) is 24.3 Å². The fourth-order valence-electron chi connectivity index (χ4n) is 3.11. The Morgan fingerprint density at radius 2 is 1.44 bits per heavy atom. The van der Waals surface area contributed by atoms with Gasteiger partial charge in [0.1, 0.15) is 0 Å². The maximum Gasteiger partial charge on any atom is 0.231 e. The highest BCUT2D eigenvalue weighted by Gasteiger charge is 2.21. The van der Waals surface area contributed by atoms with Crippen molar-refractivity contribution < 1.29 is 9.59 Å². The topological polar surface area (TPSA) is 66.6 Å². The summed E-state index contributed by atoms with van der Waals surface area (Å²) in [5.41, 5.74) is 8.55. The highest BCUT2D eigenvalue weighted by atomic mass is 16.2. The molecule has 1 fully saturated rings. The average molecular weight is 337 g/mol. The monoisotopic (exact) mass is 337 g/mol. The van der Waals surface area contributed by atoms with Crippen LogP contribution >= 0.6 is 0 Å². The molecule has 2 aromatic rings. The molecule has 0 unspecified atom stereocenters. The predicted octanol–water partition coefficient (Wildman–Crippen LogP) is 1.53. The van der Waals surface area contributed by atoms with Gasteiger partial charge in [-0.2, -0.15) is 0 Å². The number of rotatable bonds is 5. The van der Waals surface area contributed by atoms with Gasteiger partial charge in [0.05, 0.1) is 13.0 Å². The van der Waals surface area contributed by atoms with E-state index in [1.54, 1.807) is 0 Å². The van der Waals surface area contributed by atoms with Gasteiger partial charge in [0.15, 0.2) is 0 Å². The molecule has 1 heterocycles. The first-order chi connectivity index (χ1) is 12.1. The van der Waals surface area contributed by atoms with Crippen LogP contribution in [0.4, 0.5) is 0 Å². The Balaban J connectivity index is 1.54. The molecule has 0 spiro atoms. The van der Waals surface area contributed by atoms with Gasteiger partial charge in [-0.25, -0.2) is 0 Å². The molecule has 0 aromatic heterocycles. The Hall–Kier alpha value is -2.66. The molecular formula is C20H23N3O2. The molecule has 0 radical (unpaired) electrons. The van der Waals surface area contributed by atoms with Gasteiger partial charge in [-0.05, 0) is 16.7 Å². The summed E-state index contributed by atoms with van der Waals surface area (Å²) in [6, 6.07) is 18.3. The molecule has 2 amide bonds. The smallest absolute Gasteiger partial charge is 0.231 e. The Kier molecular flexibility index (Phi) is 5.46. The van der Waals surface area contributed by atoms with Gasteiger partial charge >= 0.3 is 0 Å². The fraction of sp³-hybridized carbons (Fsp3) is 0.300. The lowest BCUT2D eigenvalue weighted by molar-refractivity contribution is -0.132. The van der Waals surface area contributed by atoms with Crippen molar-refractivity contribution in [3.8, 4) is 11.1 Å². The number of hydrogen-bond acceptors (Lipinski definition) is 3. The molecule has 1 aliphatic rings. The molecule has 5 heteroatoms. The highest BCUT2D eigenvalue weighted by molar-refractivity contribution is 5.79. The zero-order valence-electron chi connectivity index (χ0n) is 14.2. The van der Waals surface area contributed by atoms with Gasteiger partial charge in [-0.15, -0.1) is 0 Å². The summed E-state index contributed by atoms with van der Waals surface area (Å²) in [5, 5.41) is 0. The standard InChI is InChI=1S/C20H23N3O2/c21-19(24)15-22-10-12-23(13-11-22)20(25)14-16-6-8-18(9-7-16)17-4-2-1-3-5-17/h1-9H,10-15H2,(H2,21,24). The van der Waals surface area contributed by atoms with Gasteiger partial charge in [0.25, 0.3) is 0 Å². The van der Waals surface area contributed by atoms with E-state index in [9.17, 15) is 9.59 Å². The molecule has 1 saturated heterocycles. The maximum atomic E-state index is 12.5. The Morgan fingerprint density at radius 1 is 0.840 bits per heavy atom. The molecule has 130 valence electrons. The minimum Gasteiger partial charge on any atom is -0.369 e. The first-order valence-electron chi connectivity index (χ1n) is 8.54. The van der Waals surface area contributed by atoms with Crippen molar-refractivity contribution in [2.75, 3.05) is 32.7 Å². The SMILES string of the molecule is NC(=O)CN1CCN(C(=O)Cc2ccc(-c3ccccc3)cc2)CC1. The first kappa shape index (κ1) is 17.2. The molecule has 25 heavy (non-hydrogen) atoms. The number of nitrogens with two attached hydrogens (primary N) is 1. The molecular weight excluding hydrogens is 314 g/mol. The predicted molar refractivity (Wildman–Crippen MR) is 97.8 cm³/mol. The van der Waals surface area contributed by atoms with Crippen LogP contribution in [-0.2, 0) is 16.0 Å². The van der Waals surface area contributed by atoms with Crippen molar-refractivity contribution in [3.05, 3.63) is 60.2 Å². The Labute approximate surface area is 148 Å². The van der Waals surface area contributed by atoms with Crippen molar-refractivity contribution in [2.45, 2.75) is 6.42 Å². The molecule has 5 nitrogen and oxygen atoms in total. The fourth-order valence-corrected chi connectivity index (χ4v) is 3.11. The molecule has 3 rings (SSSR count). The summed E-state index contributed by atoms with van der Waals surface area (Å²) in [5.74, 6) is -0.190. The lowest BCUT2D eigenvalue weighted by atomic mass is 10.0. The van der Waals surface area contributed by atoms with Crippen molar-refractivity contribution in [2.24, 2.45) is 5.73 Å². The van der Waals surface area contributed by atoms with Gasteiger partial charge in [-0.1, -0.05) is 54.6 Å². The number of benzene rings is 2. The summed E-state index contributed by atoms with van der Waals surface area (Å²) >= 11 is 0. The van der Waals surface area contributed by atoms with Crippen LogP contribution in [0.1, 0.15) is 5.56 Å². The number of carbonyl (C=O) groups is 2. The minimum absolute atomic E-state index is 0.131. The second-order valence-electron chi connectivity index (χ2n) is 6.36. The number of hydrogen-bond donors (Lipinski definition) is 1. The Bertz CT molecular complexity index is 720. The van der Waals surface area contributed by atoms with Crippen molar-refractivity contribution in [1.29, 1.82) is 0 Å². The van der Waals surface area contributed by atoms with Crippen molar-refractivity contribution in [3.63, 3.8) is 0 Å². The number of amides is 2. The Morgan fingerprint density at radius 3 is 2.04 bits per heavy atom. The van der Waals surface area contributed by atoms with Gasteiger partial charge in [-0.3, -0.25) is 14.5 Å². The van der Waals surface area contributed by atoms with E-state index < -0.39 is 0 Å². The van der Waals surface area contributed by atoms with Crippen LogP contribution < -0.4 is 5.73 Å². The number of piperazine rings is 1. The summed E-state index contributed by atoms with van der Waals surface area (Å²) in [7, 11) is 0. The number of carbonyl (C=O) groups excluding carboxylic acids is 2. The van der Waals surface area contributed by atoms with E-state index in [-0.39, 0.29) is 18.4 Å². The molecule has 1 aliphatic heterocycles. The van der Waals surface area contributed by atoms with E-state index >= 15 is 0 Å². The van der Waals surface area contributed by atoms with Crippen LogP contribution in [0, 0.1) is 0 Å². The van der Waals surface area contributed by atoms with E-state index in [0.717, 1.165) is 11.1 Å². The third-order valence-corrected chi connectivity index (χ3v) is 4.52. The summed E-state index contributed by atoms with van der Waals surface area (Å²) < 4.78 is 0. The van der Waals surface area contributed by atoms with Crippen molar-refractivity contribution in [1.82, 2.24) is 9.80 Å². The van der Waals surface area contributed by atoms with Gasteiger partial charge < -0.3 is 10.6 Å². The highest BCUT2D eigenvalue weighted by Crippen LogP contribution is 2.19. The average Bonchev–Trinajstić information content (AvgIpc) is 2.63. The number of primary amides is 1. The molecule has 2 aromatic carbocycles. The van der Waals surface area contributed by atoms with Gasteiger partial charge in [0.2, 0.25) is 11.8 Å². The van der Waals surface area contributed by atoms with E-state index in [4.69, 9.17) is 5.73 Å². The van der Waals surface area contributed by atoms with Crippen LogP contribution in [-0.4, -0.2) is 54.3 Å². The molecule has 2 N–H and O–H groups in total. The van der Waals surface area contributed by atoms with Crippen LogP contribution in [0.3, 0.4) is 0 Å². The largest absolute Gasteiger partial charge is 0.369 e. The molecule has 0 saturated carbocycles. The summed E-state index contributed by atoms with van der Waals surface area (Å²) in [6.45, 7) is 2.95. The number of nitrogens with zero attached hydrogens (tertiary/aromatic N) is 2. The zero-order chi connectivity index (χ0) is 17.6. The third-order valence-electron chi connectivity index (χ3n) is 4.52. The van der Waals surface area contributed by atoms with Crippen LogP contribution in [0.15, 0.2) is 54.6 Å². The van der Waals surface area contributed by atoms with E-state index in [1.165, 1.54) is 5.56 Å². The van der Waals surface area contributed by atoms with Gasteiger partial charge in [0, 0.05) is 26.2 Å². The van der Waals surface area contributed by atoms with Crippen LogP contribution in [0.5, 0.6) is 0 Å². The maximum absolute atomic E-state index is 12.5. The lowest BCUT2D eigenvalue weighted by Gasteiger charge is -2.34. The zero-order valence-corrected chi connectivity index (χ0v) is 14.2. The quantitative estimate of drug-likeness (QED) is 0.900. The summed E-state index contributed by atoms with van der Waals surface area (Å²) in [4.78, 5) is 27.3. The second-order valence-corrected chi connectivity index (χ2v) is 6.36. The lowest BCUT2D eigenvalue weighted by Crippen LogP contribution is -2.50.